The highest BCUT2D eigenvalue weighted by Gasteiger charge is 2.46. The van der Waals surface area contributed by atoms with Crippen LogP contribution >= 0.6 is 0 Å². The van der Waals surface area contributed by atoms with E-state index in [2.05, 4.69) is 32.4 Å². The van der Waals surface area contributed by atoms with Crippen LogP contribution in [0.1, 0.15) is 11.3 Å². The van der Waals surface area contributed by atoms with E-state index >= 15 is 0 Å². The average molecular weight is 423 g/mol. The van der Waals surface area contributed by atoms with Crippen LogP contribution in [0.25, 0.3) is 10.8 Å². The lowest BCUT2D eigenvalue weighted by Gasteiger charge is -2.20. The molecule has 3 aromatic rings. The molecule has 2 aromatic heterocycles. The predicted octanol–water partition coefficient (Wildman–Crippen LogP) is -0.330. The van der Waals surface area contributed by atoms with Crippen LogP contribution in [-0.2, 0) is 11.3 Å². The third-order valence-corrected chi connectivity index (χ3v) is 4.95. The van der Waals surface area contributed by atoms with Crippen molar-refractivity contribution in [3.63, 3.8) is 0 Å². The van der Waals surface area contributed by atoms with Gasteiger partial charge in [0.05, 0.1) is 13.7 Å². The smallest absolute Gasteiger partial charge is 0.325 e. The summed E-state index contributed by atoms with van der Waals surface area (Å²) in [6.45, 7) is 1.25. The molecule has 5 N–H and O–H groups in total. The average Bonchev–Trinajstić information content (AvgIpc) is 3.16. The number of H-pyrrole nitrogens is 2. The lowest BCUT2D eigenvalue weighted by Crippen LogP contribution is -2.49. The number of hydrogen-bond donors (Lipinski definition) is 5. The number of benzene rings is 1. The fourth-order valence-electron chi connectivity index (χ4n) is 3.38. The lowest BCUT2D eigenvalue weighted by molar-refractivity contribution is -0.122. The van der Waals surface area contributed by atoms with Gasteiger partial charge in [-0.3, -0.25) is 19.9 Å². The zero-order valence-corrected chi connectivity index (χ0v) is 16.5. The highest BCUT2D eigenvalue weighted by Crippen LogP contribution is 2.31. The number of methoxy groups -OCH3 is 1. The summed E-state index contributed by atoms with van der Waals surface area (Å²) in [6.07, 6.45) is 1.60. The molecule has 0 radical (unpaired) electrons. The first kappa shape index (κ1) is 19.8. The zero-order valence-electron chi connectivity index (χ0n) is 16.5. The minimum Gasteiger partial charge on any atom is -0.497 e. The molecular formula is C20H17N5O6. The summed E-state index contributed by atoms with van der Waals surface area (Å²) in [6, 6.07) is 4.33. The van der Waals surface area contributed by atoms with Crippen LogP contribution in [0.5, 0.6) is 11.6 Å². The van der Waals surface area contributed by atoms with Gasteiger partial charge in [-0.2, -0.15) is 0 Å². The highest BCUT2D eigenvalue weighted by atomic mass is 16.5. The summed E-state index contributed by atoms with van der Waals surface area (Å²) < 4.78 is 6.54. The van der Waals surface area contributed by atoms with Crippen LogP contribution in [0, 0.1) is 18.8 Å². The molecule has 1 aliphatic rings. The van der Waals surface area contributed by atoms with Crippen molar-refractivity contribution in [3.8, 4) is 23.5 Å². The second-order valence-electron chi connectivity index (χ2n) is 7.01. The van der Waals surface area contributed by atoms with Crippen LogP contribution < -0.4 is 26.6 Å². The van der Waals surface area contributed by atoms with Crippen molar-refractivity contribution in [2.24, 2.45) is 0 Å². The quantitative estimate of drug-likeness (QED) is 0.287. The van der Waals surface area contributed by atoms with Crippen LogP contribution in [0.2, 0.25) is 0 Å². The minimum absolute atomic E-state index is 0.0560. The Balaban J connectivity index is 1.81. The highest BCUT2D eigenvalue weighted by molar-refractivity contribution is 6.09. The molecule has 3 heterocycles. The maximum absolute atomic E-state index is 12.6. The number of ether oxygens (including phenoxy) is 1. The van der Waals surface area contributed by atoms with Crippen molar-refractivity contribution >= 4 is 22.7 Å². The minimum atomic E-state index is -1.76. The van der Waals surface area contributed by atoms with E-state index in [0.29, 0.717) is 16.5 Å². The van der Waals surface area contributed by atoms with Gasteiger partial charge in [0.25, 0.3) is 11.5 Å². The number of hydrogen-bond acceptors (Lipinski definition) is 6. The van der Waals surface area contributed by atoms with Crippen molar-refractivity contribution in [3.05, 3.63) is 56.5 Å². The summed E-state index contributed by atoms with van der Waals surface area (Å²) >= 11 is 0. The van der Waals surface area contributed by atoms with Crippen LogP contribution in [0.4, 0.5) is 4.79 Å². The maximum Gasteiger partial charge on any atom is 0.325 e. The third-order valence-electron chi connectivity index (χ3n) is 4.95. The predicted molar refractivity (Wildman–Crippen MR) is 109 cm³/mol. The van der Waals surface area contributed by atoms with Gasteiger partial charge in [-0.05, 0) is 25.1 Å². The number of fused-ring (bicyclic) bond motifs is 1. The first-order valence-electron chi connectivity index (χ1n) is 9.08. The van der Waals surface area contributed by atoms with Gasteiger partial charge in [0.15, 0.2) is 5.88 Å². The van der Waals surface area contributed by atoms with E-state index in [1.165, 1.54) is 18.6 Å². The molecule has 1 atom stereocenters. The molecule has 0 spiro atoms. The number of urea groups is 1. The lowest BCUT2D eigenvalue weighted by atomic mass is 10.00. The second-order valence-corrected chi connectivity index (χ2v) is 7.01. The Morgan fingerprint density at radius 3 is 2.61 bits per heavy atom. The number of amides is 3. The number of aromatic nitrogens is 3. The number of imide groups is 1. The summed E-state index contributed by atoms with van der Waals surface area (Å²) in [4.78, 5) is 52.4. The Bertz CT molecular complexity index is 1420. The topological polar surface area (TPSA) is 158 Å². The van der Waals surface area contributed by atoms with Gasteiger partial charge in [-0.1, -0.05) is 11.8 Å². The van der Waals surface area contributed by atoms with Crippen molar-refractivity contribution in [2.75, 3.05) is 7.11 Å². The molecule has 1 fully saturated rings. The van der Waals surface area contributed by atoms with Crippen molar-refractivity contribution in [2.45, 2.75) is 19.0 Å². The molecule has 3 amide bonds. The number of aromatic amines is 2. The fraction of sp³-hybridized carbons (Fsp3) is 0.200. The first-order valence-corrected chi connectivity index (χ1v) is 9.08. The molecule has 1 saturated heterocycles. The molecule has 31 heavy (non-hydrogen) atoms. The molecule has 0 unspecified atom stereocenters. The van der Waals surface area contributed by atoms with E-state index in [1.807, 2.05) is 0 Å². The van der Waals surface area contributed by atoms with E-state index in [1.54, 1.807) is 24.4 Å². The standard InChI is InChI=1S/C20H17N5O6/c1-10-13(15(26)22-18(29)21-10)5-6-20(17(28)23-19(30)24-20)9-25-8-11-3-4-12(31-2)7-14(11)16(25)27/h3-4,7-8,27H,9H2,1-2H3,(H2,21,22,26,29)(H2,23,24,28,30)/t20-/m1/s1. The van der Waals surface area contributed by atoms with Gasteiger partial charge < -0.3 is 24.7 Å². The molecule has 0 aliphatic carbocycles. The van der Waals surface area contributed by atoms with Crippen LogP contribution in [0.15, 0.2) is 34.0 Å². The molecule has 11 nitrogen and oxygen atoms in total. The summed E-state index contributed by atoms with van der Waals surface area (Å²) in [5, 5.41) is 16.4. The van der Waals surface area contributed by atoms with Gasteiger partial charge in [0.1, 0.15) is 11.3 Å². The number of rotatable bonds is 3. The number of carbonyl (C=O) groups is 2. The van der Waals surface area contributed by atoms with Crippen LogP contribution in [0.3, 0.4) is 0 Å². The molecule has 1 aromatic carbocycles. The van der Waals surface area contributed by atoms with E-state index in [-0.39, 0.29) is 23.7 Å². The summed E-state index contributed by atoms with van der Waals surface area (Å²) in [5.41, 5.74) is -3.02. The fourth-order valence-corrected chi connectivity index (χ4v) is 3.38. The largest absolute Gasteiger partial charge is 0.497 e. The summed E-state index contributed by atoms with van der Waals surface area (Å²) in [5.74, 6) is 4.87. The van der Waals surface area contributed by atoms with E-state index < -0.39 is 28.7 Å². The maximum atomic E-state index is 12.6. The van der Waals surface area contributed by atoms with Gasteiger partial charge in [-0.25, -0.2) is 9.59 Å². The number of aromatic hydroxyl groups is 1. The zero-order chi connectivity index (χ0) is 22.3. The third kappa shape index (κ3) is 3.40. The normalized spacial score (nSPS) is 17.7. The van der Waals surface area contributed by atoms with Gasteiger partial charge in [-0.15, -0.1) is 0 Å². The summed E-state index contributed by atoms with van der Waals surface area (Å²) in [7, 11) is 1.50. The molecule has 4 rings (SSSR count). The Hall–Kier alpha value is -4.46. The molecule has 1 aliphatic heterocycles. The van der Waals surface area contributed by atoms with E-state index in [0.717, 1.165) is 0 Å². The number of nitrogens with one attached hydrogen (secondary N) is 4. The van der Waals surface area contributed by atoms with Crippen molar-refractivity contribution in [1.29, 1.82) is 0 Å². The number of nitrogens with zero attached hydrogens (tertiary/aromatic N) is 1. The van der Waals surface area contributed by atoms with Crippen molar-refractivity contribution < 1.29 is 19.4 Å². The van der Waals surface area contributed by atoms with Gasteiger partial charge in [0, 0.05) is 22.7 Å². The Labute approximate surface area is 174 Å². The number of aryl methyl sites for hydroxylation is 1. The SMILES string of the molecule is COc1ccc2cn(C[C@@]3(C#Cc4c(C)[nH]c(=O)[nH]c4=O)NC(=O)NC3=O)c(O)c2c1. The Morgan fingerprint density at radius 2 is 1.97 bits per heavy atom. The Morgan fingerprint density at radius 1 is 1.19 bits per heavy atom. The monoisotopic (exact) mass is 423 g/mol. The number of carbonyl (C=O) groups excluding carboxylic acids is 2. The van der Waals surface area contributed by atoms with E-state index in [9.17, 15) is 24.3 Å². The van der Waals surface area contributed by atoms with Gasteiger partial charge >= 0.3 is 11.7 Å². The Kier molecular flexibility index (Phi) is 4.54. The van der Waals surface area contributed by atoms with E-state index in [4.69, 9.17) is 4.74 Å². The first-order chi connectivity index (χ1) is 14.7. The molecule has 0 saturated carbocycles. The second kappa shape index (κ2) is 7.10. The molecule has 11 heteroatoms. The molecule has 158 valence electrons. The molecular weight excluding hydrogens is 406 g/mol. The molecule has 0 bridgehead atoms. The van der Waals surface area contributed by atoms with Crippen LogP contribution in [-0.4, -0.2) is 44.2 Å². The van der Waals surface area contributed by atoms with Gasteiger partial charge in [0.2, 0.25) is 5.54 Å². The van der Waals surface area contributed by atoms with Crippen molar-refractivity contribution in [1.82, 2.24) is 25.2 Å².